The molecule has 0 bridgehead atoms. The minimum atomic E-state index is -1.30. The molecular formula is C16H16O6. The van der Waals surface area contributed by atoms with Crippen LogP contribution in [0.5, 0.6) is 0 Å². The fraction of sp³-hybridized carbons (Fsp3) is 0.312. The average molecular weight is 304 g/mol. The minimum Gasteiger partial charge on any atom is -0.462 e. The molecule has 0 aliphatic carbocycles. The molecule has 1 heterocycles. The lowest BCUT2D eigenvalue weighted by Gasteiger charge is -2.29. The second-order valence-electron chi connectivity index (χ2n) is 5.04. The van der Waals surface area contributed by atoms with E-state index in [1.54, 1.807) is 31.2 Å². The first-order chi connectivity index (χ1) is 10.3. The normalized spacial score (nSPS) is 16.6. The van der Waals surface area contributed by atoms with Crippen LogP contribution >= 0.6 is 0 Å². The Kier molecular flexibility index (Phi) is 4.30. The Morgan fingerprint density at radius 2 is 1.77 bits per heavy atom. The number of hydrogen-bond acceptors (Lipinski definition) is 6. The Morgan fingerprint density at radius 3 is 2.36 bits per heavy atom. The summed E-state index contributed by atoms with van der Waals surface area (Å²) in [6.07, 6.45) is 1.27. The molecule has 1 saturated heterocycles. The Labute approximate surface area is 127 Å². The third-order valence-electron chi connectivity index (χ3n) is 2.87. The van der Waals surface area contributed by atoms with E-state index in [0.29, 0.717) is 5.56 Å². The lowest BCUT2D eigenvalue weighted by Crippen LogP contribution is -2.41. The number of esters is 3. The highest BCUT2D eigenvalue weighted by Crippen LogP contribution is 2.25. The van der Waals surface area contributed by atoms with Crippen LogP contribution in [-0.2, 0) is 23.8 Å². The van der Waals surface area contributed by atoms with Crippen LogP contribution in [0.15, 0.2) is 29.8 Å². The predicted octanol–water partition coefficient (Wildman–Crippen LogP) is 2.08. The first kappa shape index (κ1) is 15.8. The Bertz CT molecular complexity index is 634. The molecule has 22 heavy (non-hydrogen) atoms. The topological polar surface area (TPSA) is 78.9 Å². The molecule has 0 unspecified atom stereocenters. The molecule has 116 valence electrons. The highest BCUT2D eigenvalue weighted by molar-refractivity contribution is 6.19. The van der Waals surface area contributed by atoms with Crippen molar-refractivity contribution in [1.29, 1.82) is 0 Å². The van der Waals surface area contributed by atoms with Crippen molar-refractivity contribution in [2.75, 3.05) is 6.61 Å². The number of carbonyl (C=O) groups is 3. The van der Waals surface area contributed by atoms with Gasteiger partial charge < -0.3 is 14.2 Å². The third kappa shape index (κ3) is 3.33. The van der Waals surface area contributed by atoms with Crippen molar-refractivity contribution in [3.8, 4) is 0 Å². The van der Waals surface area contributed by atoms with Crippen molar-refractivity contribution < 1.29 is 28.6 Å². The summed E-state index contributed by atoms with van der Waals surface area (Å²) in [6, 6.07) is 6.49. The van der Waals surface area contributed by atoms with Gasteiger partial charge in [0.15, 0.2) is 0 Å². The predicted molar refractivity (Wildman–Crippen MR) is 76.6 cm³/mol. The van der Waals surface area contributed by atoms with E-state index in [2.05, 4.69) is 0 Å². The number of rotatable bonds is 3. The zero-order valence-electron chi connectivity index (χ0n) is 12.5. The molecular weight excluding hydrogens is 288 g/mol. The van der Waals surface area contributed by atoms with E-state index < -0.39 is 23.7 Å². The van der Waals surface area contributed by atoms with Crippen molar-refractivity contribution in [1.82, 2.24) is 0 Å². The highest BCUT2D eigenvalue weighted by atomic mass is 16.7. The molecule has 0 spiro atoms. The first-order valence-electron chi connectivity index (χ1n) is 6.78. The van der Waals surface area contributed by atoms with Gasteiger partial charge in [-0.2, -0.15) is 0 Å². The average Bonchev–Trinajstić information content (AvgIpc) is 2.42. The molecule has 1 aromatic rings. The molecule has 0 atom stereocenters. The van der Waals surface area contributed by atoms with Crippen LogP contribution in [0.2, 0.25) is 0 Å². The number of ether oxygens (including phenoxy) is 3. The van der Waals surface area contributed by atoms with Crippen molar-refractivity contribution in [3.63, 3.8) is 0 Å². The molecule has 0 N–H and O–H groups in total. The molecule has 0 amide bonds. The summed E-state index contributed by atoms with van der Waals surface area (Å²) in [5.74, 6) is -3.42. The Balaban J connectivity index is 2.39. The van der Waals surface area contributed by atoms with E-state index in [1.807, 2.05) is 0 Å². The summed E-state index contributed by atoms with van der Waals surface area (Å²) >= 11 is 0. The standard InChI is InChI=1S/C16H16O6/c1-4-20-13(17)11-8-6-5-7-10(11)9-12-14(18)21-16(2,3)22-15(12)19/h5-9H,4H2,1-3H3. The smallest absolute Gasteiger partial charge is 0.348 e. The Morgan fingerprint density at radius 1 is 1.18 bits per heavy atom. The van der Waals surface area contributed by atoms with Crippen LogP contribution in [-0.4, -0.2) is 30.3 Å². The zero-order chi connectivity index (χ0) is 16.3. The summed E-state index contributed by atoms with van der Waals surface area (Å²) in [6.45, 7) is 4.84. The molecule has 6 heteroatoms. The molecule has 1 fully saturated rings. The second-order valence-corrected chi connectivity index (χ2v) is 5.04. The second kappa shape index (κ2) is 6.01. The molecule has 0 saturated carbocycles. The summed E-state index contributed by atoms with van der Waals surface area (Å²) in [5.41, 5.74) is 0.364. The van der Waals surface area contributed by atoms with E-state index in [9.17, 15) is 14.4 Å². The van der Waals surface area contributed by atoms with Crippen LogP contribution in [0.4, 0.5) is 0 Å². The van der Waals surface area contributed by atoms with Crippen LogP contribution in [0.1, 0.15) is 36.7 Å². The van der Waals surface area contributed by atoms with Gasteiger partial charge in [-0.3, -0.25) is 0 Å². The van der Waals surface area contributed by atoms with Crippen molar-refractivity contribution >= 4 is 24.0 Å². The van der Waals surface area contributed by atoms with Crippen molar-refractivity contribution in [3.05, 3.63) is 41.0 Å². The van der Waals surface area contributed by atoms with E-state index in [1.165, 1.54) is 19.9 Å². The molecule has 6 nitrogen and oxygen atoms in total. The van der Waals surface area contributed by atoms with Crippen LogP contribution in [0, 0.1) is 0 Å². The molecule has 1 aromatic carbocycles. The summed E-state index contributed by atoms with van der Waals surface area (Å²) in [4.78, 5) is 35.7. The van der Waals surface area contributed by atoms with E-state index in [0.717, 1.165) is 0 Å². The first-order valence-corrected chi connectivity index (χ1v) is 6.78. The van der Waals surface area contributed by atoms with Crippen LogP contribution in [0.25, 0.3) is 6.08 Å². The Hall–Kier alpha value is -2.63. The van der Waals surface area contributed by atoms with E-state index in [4.69, 9.17) is 14.2 Å². The molecule has 2 rings (SSSR count). The van der Waals surface area contributed by atoms with Gasteiger partial charge in [-0.15, -0.1) is 0 Å². The van der Waals surface area contributed by atoms with Crippen LogP contribution in [0.3, 0.4) is 0 Å². The SMILES string of the molecule is CCOC(=O)c1ccccc1C=C1C(=O)OC(C)(C)OC1=O. The van der Waals surface area contributed by atoms with Gasteiger partial charge in [-0.1, -0.05) is 18.2 Å². The van der Waals surface area contributed by atoms with E-state index in [-0.39, 0.29) is 17.7 Å². The van der Waals surface area contributed by atoms with Crippen LogP contribution < -0.4 is 0 Å². The number of hydrogen-bond donors (Lipinski definition) is 0. The largest absolute Gasteiger partial charge is 0.462 e. The quantitative estimate of drug-likeness (QED) is 0.483. The van der Waals surface area contributed by atoms with Gasteiger partial charge in [0.05, 0.1) is 12.2 Å². The molecule has 1 aliphatic heterocycles. The maximum Gasteiger partial charge on any atom is 0.348 e. The van der Waals surface area contributed by atoms with Gasteiger partial charge in [-0.05, 0) is 24.6 Å². The summed E-state index contributed by atoms with van der Waals surface area (Å²) < 4.78 is 15.0. The fourth-order valence-electron chi connectivity index (χ4n) is 1.95. The molecule has 1 aliphatic rings. The molecule has 0 aromatic heterocycles. The van der Waals surface area contributed by atoms with Gasteiger partial charge in [-0.25, -0.2) is 14.4 Å². The van der Waals surface area contributed by atoms with Gasteiger partial charge in [0.25, 0.3) is 5.79 Å². The summed E-state index contributed by atoms with van der Waals surface area (Å²) in [5, 5.41) is 0. The maximum absolute atomic E-state index is 11.9. The lowest BCUT2D eigenvalue weighted by molar-refractivity contribution is -0.222. The fourth-order valence-corrected chi connectivity index (χ4v) is 1.95. The van der Waals surface area contributed by atoms with Gasteiger partial charge in [0, 0.05) is 13.8 Å². The molecule has 0 radical (unpaired) electrons. The van der Waals surface area contributed by atoms with Crippen molar-refractivity contribution in [2.45, 2.75) is 26.6 Å². The minimum absolute atomic E-state index is 0.224. The lowest BCUT2D eigenvalue weighted by atomic mass is 10.0. The van der Waals surface area contributed by atoms with Gasteiger partial charge in [0.2, 0.25) is 0 Å². The van der Waals surface area contributed by atoms with Crippen molar-refractivity contribution in [2.24, 2.45) is 0 Å². The summed E-state index contributed by atoms with van der Waals surface area (Å²) in [7, 11) is 0. The number of benzene rings is 1. The van der Waals surface area contributed by atoms with Gasteiger partial charge >= 0.3 is 17.9 Å². The van der Waals surface area contributed by atoms with Gasteiger partial charge in [0.1, 0.15) is 5.57 Å². The highest BCUT2D eigenvalue weighted by Gasteiger charge is 2.39. The number of cyclic esters (lactones) is 2. The monoisotopic (exact) mass is 304 g/mol. The number of carbonyl (C=O) groups excluding carboxylic acids is 3. The zero-order valence-corrected chi connectivity index (χ0v) is 12.5. The maximum atomic E-state index is 11.9. The van der Waals surface area contributed by atoms with E-state index >= 15 is 0 Å². The third-order valence-corrected chi connectivity index (χ3v) is 2.87.